The van der Waals surface area contributed by atoms with Crippen LogP contribution in [0.1, 0.15) is 32.1 Å². The first kappa shape index (κ1) is 11.7. The molecule has 0 bridgehead atoms. The highest BCUT2D eigenvalue weighted by molar-refractivity contribution is 7.89. The monoisotopic (exact) mass is 251 g/mol. The van der Waals surface area contributed by atoms with Gasteiger partial charge in [-0.25, -0.2) is 13.1 Å². The smallest absolute Gasteiger partial charge is 0.212 e. The second-order valence-corrected chi connectivity index (χ2v) is 6.90. The first-order chi connectivity index (χ1) is 7.11. The van der Waals surface area contributed by atoms with Crippen molar-refractivity contribution in [3.63, 3.8) is 0 Å². The summed E-state index contributed by atoms with van der Waals surface area (Å²) in [4.78, 5) is 0. The Labute approximate surface area is 96.6 Å². The third kappa shape index (κ3) is 3.33. The molecule has 0 radical (unpaired) electrons. The summed E-state index contributed by atoms with van der Waals surface area (Å²) in [6.45, 7) is 0. The maximum absolute atomic E-state index is 11.7. The van der Waals surface area contributed by atoms with E-state index in [0.29, 0.717) is 23.5 Å². The molecule has 0 aromatic rings. The molecule has 15 heavy (non-hydrogen) atoms. The van der Waals surface area contributed by atoms with E-state index in [1.165, 1.54) is 0 Å². The second kappa shape index (κ2) is 4.60. The Morgan fingerprint density at radius 1 is 1.20 bits per heavy atom. The van der Waals surface area contributed by atoms with Gasteiger partial charge in [-0.2, -0.15) is 0 Å². The van der Waals surface area contributed by atoms with E-state index in [9.17, 15) is 8.42 Å². The molecular weight excluding hydrogens is 234 g/mol. The molecule has 2 fully saturated rings. The summed E-state index contributed by atoms with van der Waals surface area (Å²) in [5.74, 6) is 1.63. The third-order valence-electron chi connectivity index (χ3n) is 3.34. The number of hydrogen-bond acceptors (Lipinski definition) is 2. The molecule has 2 saturated carbocycles. The Morgan fingerprint density at radius 2 is 1.93 bits per heavy atom. The minimum Gasteiger partial charge on any atom is -0.212 e. The van der Waals surface area contributed by atoms with Gasteiger partial charge in [0.2, 0.25) is 10.0 Å². The van der Waals surface area contributed by atoms with Crippen molar-refractivity contribution in [3.8, 4) is 0 Å². The fraction of sp³-hybridized carbons (Fsp3) is 1.00. The van der Waals surface area contributed by atoms with Gasteiger partial charge in [0.25, 0.3) is 0 Å². The van der Waals surface area contributed by atoms with Crippen LogP contribution in [0.5, 0.6) is 0 Å². The second-order valence-electron chi connectivity index (χ2n) is 4.79. The van der Waals surface area contributed by atoms with Gasteiger partial charge in [0.1, 0.15) is 0 Å². The van der Waals surface area contributed by atoms with Gasteiger partial charge in [-0.05, 0) is 37.5 Å². The summed E-state index contributed by atoms with van der Waals surface area (Å²) in [5, 5.41) is 0. The highest BCUT2D eigenvalue weighted by Crippen LogP contribution is 2.31. The van der Waals surface area contributed by atoms with E-state index < -0.39 is 10.0 Å². The molecular formula is C10H18ClNO2S. The van der Waals surface area contributed by atoms with E-state index in [-0.39, 0.29) is 6.04 Å². The van der Waals surface area contributed by atoms with Crippen molar-refractivity contribution in [1.82, 2.24) is 4.72 Å². The largest absolute Gasteiger partial charge is 0.212 e. The predicted molar refractivity (Wildman–Crippen MR) is 61.5 cm³/mol. The highest BCUT2D eigenvalue weighted by atomic mass is 35.5. The SMILES string of the molecule is O=S(=O)(CC1CC1)NC1CCCC1CCl. The lowest BCUT2D eigenvalue weighted by atomic mass is 10.1. The van der Waals surface area contributed by atoms with Crippen molar-refractivity contribution in [2.24, 2.45) is 11.8 Å². The van der Waals surface area contributed by atoms with Crippen molar-refractivity contribution < 1.29 is 8.42 Å². The van der Waals surface area contributed by atoms with E-state index in [1.807, 2.05) is 0 Å². The fourth-order valence-corrected chi connectivity index (χ4v) is 4.44. The Morgan fingerprint density at radius 3 is 2.53 bits per heavy atom. The van der Waals surface area contributed by atoms with Crippen LogP contribution in [0.3, 0.4) is 0 Å². The standard InChI is InChI=1S/C10H18ClNO2S/c11-6-9-2-1-3-10(9)12-15(13,14)7-8-4-5-8/h8-10,12H,1-7H2. The summed E-state index contributed by atoms with van der Waals surface area (Å²) in [7, 11) is -3.05. The van der Waals surface area contributed by atoms with Crippen LogP contribution in [0.2, 0.25) is 0 Å². The van der Waals surface area contributed by atoms with Crippen LogP contribution in [0, 0.1) is 11.8 Å². The van der Waals surface area contributed by atoms with Crippen molar-refractivity contribution in [3.05, 3.63) is 0 Å². The Kier molecular flexibility index (Phi) is 3.58. The third-order valence-corrected chi connectivity index (χ3v) is 5.31. The highest BCUT2D eigenvalue weighted by Gasteiger charge is 2.33. The van der Waals surface area contributed by atoms with E-state index in [1.54, 1.807) is 0 Å². The molecule has 3 nitrogen and oxygen atoms in total. The molecule has 0 aliphatic heterocycles. The normalized spacial score (nSPS) is 32.1. The topological polar surface area (TPSA) is 46.2 Å². The lowest BCUT2D eigenvalue weighted by Crippen LogP contribution is -2.39. The molecule has 0 aromatic heterocycles. The number of rotatable bonds is 5. The molecule has 0 heterocycles. The van der Waals surface area contributed by atoms with Crippen LogP contribution < -0.4 is 4.72 Å². The molecule has 2 aliphatic rings. The summed E-state index contributed by atoms with van der Waals surface area (Å²) in [6.07, 6.45) is 5.24. The van der Waals surface area contributed by atoms with Gasteiger partial charge in [-0.15, -0.1) is 11.6 Å². The number of hydrogen-bond donors (Lipinski definition) is 1. The Balaban J connectivity index is 1.88. The zero-order valence-electron chi connectivity index (χ0n) is 8.78. The number of alkyl halides is 1. The van der Waals surface area contributed by atoms with Gasteiger partial charge in [0.15, 0.2) is 0 Å². The minimum atomic E-state index is -3.05. The lowest BCUT2D eigenvalue weighted by molar-refractivity contribution is 0.479. The molecule has 0 amide bonds. The molecule has 1 N–H and O–H groups in total. The molecule has 5 heteroatoms. The van der Waals surface area contributed by atoms with Crippen molar-refractivity contribution in [2.75, 3.05) is 11.6 Å². The number of nitrogens with one attached hydrogen (secondary N) is 1. The van der Waals surface area contributed by atoms with E-state index in [4.69, 9.17) is 11.6 Å². The summed E-state index contributed by atoms with van der Waals surface area (Å²) >= 11 is 5.81. The summed E-state index contributed by atoms with van der Waals surface area (Å²) in [6, 6.07) is 0.0891. The zero-order chi connectivity index (χ0) is 10.9. The maximum Gasteiger partial charge on any atom is 0.212 e. The number of halogens is 1. The van der Waals surface area contributed by atoms with Gasteiger partial charge in [0, 0.05) is 11.9 Å². The van der Waals surface area contributed by atoms with Crippen LogP contribution in [-0.4, -0.2) is 26.1 Å². The van der Waals surface area contributed by atoms with Gasteiger partial charge in [0.05, 0.1) is 5.75 Å². The lowest BCUT2D eigenvalue weighted by Gasteiger charge is -2.18. The van der Waals surface area contributed by atoms with Gasteiger partial charge >= 0.3 is 0 Å². The van der Waals surface area contributed by atoms with Crippen LogP contribution in [0.25, 0.3) is 0 Å². The van der Waals surface area contributed by atoms with Gasteiger partial charge < -0.3 is 0 Å². The van der Waals surface area contributed by atoms with E-state index in [2.05, 4.69) is 4.72 Å². The average Bonchev–Trinajstić information content (AvgIpc) is 2.82. The Hall–Kier alpha value is 0.200. The first-order valence-electron chi connectivity index (χ1n) is 5.66. The maximum atomic E-state index is 11.7. The molecule has 0 spiro atoms. The predicted octanol–water partition coefficient (Wildman–Crippen LogP) is 1.72. The number of sulfonamides is 1. The molecule has 0 aromatic carbocycles. The Bertz CT molecular complexity index is 313. The average molecular weight is 252 g/mol. The van der Waals surface area contributed by atoms with E-state index >= 15 is 0 Å². The van der Waals surface area contributed by atoms with Crippen LogP contribution in [-0.2, 0) is 10.0 Å². The van der Waals surface area contributed by atoms with Crippen LogP contribution >= 0.6 is 11.6 Å². The molecule has 2 rings (SSSR count). The molecule has 2 atom stereocenters. The molecule has 88 valence electrons. The van der Waals surface area contributed by atoms with Crippen LogP contribution in [0.15, 0.2) is 0 Å². The van der Waals surface area contributed by atoms with Crippen molar-refractivity contribution >= 4 is 21.6 Å². The van der Waals surface area contributed by atoms with Crippen LogP contribution in [0.4, 0.5) is 0 Å². The fourth-order valence-electron chi connectivity index (χ4n) is 2.25. The first-order valence-corrected chi connectivity index (χ1v) is 7.85. The van der Waals surface area contributed by atoms with Crippen molar-refractivity contribution in [2.45, 2.75) is 38.1 Å². The van der Waals surface area contributed by atoms with Crippen molar-refractivity contribution in [1.29, 1.82) is 0 Å². The summed E-state index contributed by atoms with van der Waals surface area (Å²) in [5.41, 5.74) is 0. The zero-order valence-corrected chi connectivity index (χ0v) is 10.4. The minimum absolute atomic E-state index is 0.0891. The molecule has 2 unspecified atom stereocenters. The molecule has 2 aliphatic carbocycles. The molecule has 0 saturated heterocycles. The van der Waals surface area contributed by atoms with Gasteiger partial charge in [-0.3, -0.25) is 0 Å². The van der Waals surface area contributed by atoms with Gasteiger partial charge in [-0.1, -0.05) is 6.42 Å². The quantitative estimate of drug-likeness (QED) is 0.757. The summed E-state index contributed by atoms with van der Waals surface area (Å²) < 4.78 is 26.3. The van der Waals surface area contributed by atoms with E-state index in [0.717, 1.165) is 32.1 Å².